The van der Waals surface area contributed by atoms with Crippen molar-refractivity contribution < 1.29 is 9.90 Å². The molecule has 4 heterocycles. The first kappa shape index (κ1) is 22.9. The molecule has 2 aliphatic rings. The maximum Gasteiger partial charge on any atom is 0.335 e. The summed E-state index contributed by atoms with van der Waals surface area (Å²) in [6.07, 6.45) is 4.08. The van der Waals surface area contributed by atoms with Gasteiger partial charge in [0.15, 0.2) is 5.65 Å². The third-order valence-corrected chi connectivity index (χ3v) is 7.36. The van der Waals surface area contributed by atoms with Gasteiger partial charge in [-0.2, -0.15) is 5.10 Å². The highest BCUT2D eigenvalue weighted by Gasteiger charge is 2.24. The first-order valence-corrected chi connectivity index (χ1v) is 12.5. The smallest absolute Gasteiger partial charge is 0.335 e. The van der Waals surface area contributed by atoms with Crippen molar-refractivity contribution in [3.8, 4) is 0 Å². The van der Waals surface area contributed by atoms with E-state index in [-0.39, 0.29) is 0 Å². The fourth-order valence-corrected chi connectivity index (χ4v) is 5.35. The average Bonchev–Trinajstić information content (AvgIpc) is 3.50. The molecule has 5 rings (SSSR count). The Kier molecular flexibility index (Phi) is 6.55. The van der Waals surface area contributed by atoms with E-state index in [0.717, 1.165) is 80.5 Å². The van der Waals surface area contributed by atoms with Crippen molar-refractivity contribution in [1.29, 1.82) is 0 Å². The van der Waals surface area contributed by atoms with Gasteiger partial charge in [-0.15, -0.1) is 0 Å². The molecule has 2 aliphatic heterocycles. The number of aromatic carboxylic acids is 1. The number of nitrogens with one attached hydrogen (secondary N) is 2. The summed E-state index contributed by atoms with van der Waals surface area (Å²) in [5.41, 5.74) is 3.97. The van der Waals surface area contributed by atoms with Crippen molar-refractivity contribution >= 4 is 50.1 Å². The predicted octanol–water partition coefficient (Wildman–Crippen LogP) is 2.96. The molecule has 2 fully saturated rings. The number of aromatic amines is 1. The molecule has 1 aromatic carbocycles. The molecule has 0 spiro atoms. The van der Waals surface area contributed by atoms with E-state index < -0.39 is 5.97 Å². The van der Waals surface area contributed by atoms with Crippen molar-refractivity contribution in [2.45, 2.75) is 19.8 Å². The van der Waals surface area contributed by atoms with Gasteiger partial charge in [0, 0.05) is 50.6 Å². The molecule has 3 N–H and O–H groups in total. The summed E-state index contributed by atoms with van der Waals surface area (Å²) in [5.74, 6) is -0.0544. The molecule has 10 nitrogen and oxygen atoms in total. The Labute approximate surface area is 206 Å². The maximum absolute atomic E-state index is 11.9. The SMILES string of the molecule is Cc1c(NCCN2CCCC2)cc(C(=O)O)cc1N1CCN(c2ncnc3[nH]nc(Br)c23)CC1. The summed E-state index contributed by atoms with van der Waals surface area (Å²) >= 11 is 3.49. The monoisotopic (exact) mass is 528 g/mol. The summed E-state index contributed by atoms with van der Waals surface area (Å²) in [6, 6.07) is 3.56. The zero-order valence-corrected chi connectivity index (χ0v) is 20.8. The first-order chi connectivity index (χ1) is 16.5. The molecule has 3 aromatic rings. The van der Waals surface area contributed by atoms with Crippen LogP contribution in [0.1, 0.15) is 28.8 Å². The third kappa shape index (κ3) is 4.54. The fraction of sp³-hybridized carbons (Fsp3) is 0.478. The lowest BCUT2D eigenvalue weighted by molar-refractivity contribution is 0.0697. The molecule has 0 bridgehead atoms. The number of hydrogen-bond acceptors (Lipinski definition) is 8. The van der Waals surface area contributed by atoms with Gasteiger partial charge in [0.1, 0.15) is 16.7 Å². The molecule has 0 radical (unpaired) electrons. The Morgan fingerprint density at radius 3 is 2.59 bits per heavy atom. The van der Waals surface area contributed by atoms with Gasteiger partial charge < -0.3 is 25.1 Å². The van der Waals surface area contributed by atoms with Gasteiger partial charge in [-0.25, -0.2) is 14.8 Å². The minimum Gasteiger partial charge on any atom is -0.478 e. The number of H-pyrrole nitrogens is 1. The van der Waals surface area contributed by atoms with Crippen LogP contribution in [-0.4, -0.2) is 88.5 Å². The van der Waals surface area contributed by atoms with Crippen LogP contribution in [0.15, 0.2) is 23.1 Å². The average molecular weight is 529 g/mol. The van der Waals surface area contributed by atoms with Gasteiger partial charge in [-0.05, 0) is 66.5 Å². The predicted molar refractivity (Wildman–Crippen MR) is 136 cm³/mol. The van der Waals surface area contributed by atoms with Gasteiger partial charge in [-0.1, -0.05) is 0 Å². The van der Waals surface area contributed by atoms with Gasteiger partial charge in [0.2, 0.25) is 0 Å². The van der Waals surface area contributed by atoms with Crippen LogP contribution in [0.2, 0.25) is 0 Å². The van der Waals surface area contributed by atoms with Gasteiger partial charge in [0.25, 0.3) is 0 Å². The van der Waals surface area contributed by atoms with E-state index in [1.165, 1.54) is 12.8 Å². The topological polar surface area (TPSA) is 114 Å². The molecule has 11 heteroatoms. The zero-order chi connectivity index (χ0) is 23.7. The maximum atomic E-state index is 11.9. The minimum absolute atomic E-state index is 0.312. The second-order valence-electron chi connectivity index (χ2n) is 8.86. The molecule has 2 saturated heterocycles. The summed E-state index contributed by atoms with van der Waals surface area (Å²) in [6.45, 7) is 9.20. The standard InChI is InChI=1S/C23H29BrN8O2/c1-15-17(25-4-7-30-5-2-3-6-30)12-16(23(33)34)13-18(15)31-8-10-32(11-9-31)22-19-20(24)28-29-21(19)26-14-27-22/h12-14,25H,2-11H2,1H3,(H,33,34)(H,26,27,28,29). The molecule has 2 aromatic heterocycles. The van der Waals surface area contributed by atoms with Crippen LogP contribution in [0.3, 0.4) is 0 Å². The molecule has 34 heavy (non-hydrogen) atoms. The Morgan fingerprint density at radius 2 is 1.85 bits per heavy atom. The number of rotatable bonds is 7. The number of anilines is 3. The number of piperazine rings is 1. The lowest BCUT2D eigenvalue weighted by Gasteiger charge is -2.38. The van der Waals surface area contributed by atoms with Gasteiger partial charge in [-0.3, -0.25) is 5.10 Å². The van der Waals surface area contributed by atoms with Crippen LogP contribution in [-0.2, 0) is 0 Å². The number of carboxylic acids is 1. The van der Waals surface area contributed by atoms with Crippen LogP contribution in [0.5, 0.6) is 0 Å². The Balaban J connectivity index is 1.32. The summed E-state index contributed by atoms with van der Waals surface area (Å²) in [4.78, 5) is 27.6. The highest BCUT2D eigenvalue weighted by atomic mass is 79.9. The Morgan fingerprint density at radius 1 is 1.12 bits per heavy atom. The minimum atomic E-state index is -0.907. The van der Waals surface area contributed by atoms with Crippen LogP contribution in [0.25, 0.3) is 11.0 Å². The molecular weight excluding hydrogens is 500 g/mol. The second kappa shape index (κ2) is 9.75. The van der Waals surface area contributed by atoms with E-state index in [9.17, 15) is 9.90 Å². The van der Waals surface area contributed by atoms with Crippen molar-refractivity contribution in [1.82, 2.24) is 25.1 Å². The summed E-state index contributed by atoms with van der Waals surface area (Å²) in [5, 5.41) is 21.2. The molecule has 0 unspecified atom stereocenters. The fourth-order valence-electron chi connectivity index (χ4n) is 4.90. The summed E-state index contributed by atoms with van der Waals surface area (Å²) < 4.78 is 0.704. The van der Waals surface area contributed by atoms with Crippen LogP contribution < -0.4 is 15.1 Å². The van der Waals surface area contributed by atoms with Crippen molar-refractivity contribution in [2.24, 2.45) is 0 Å². The Hall–Kier alpha value is -2.92. The molecular formula is C23H29BrN8O2. The molecule has 0 aliphatic carbocycles. The highest BCUT2D eigenvalue weighted by Crippen LogP contribution is 2.32. The van der Waals surface area contributed by atoms with Crippen molar-refractivity contribution in [3.05, 3.63) is 34.2 Å². The second-order valence-corrected chi connectivity index (χ2v) is 9.61. The number of carboxylic acid groups (broad SMARTS) is 1. The van der Waals surface area contributed by atoms with Crippen LogP contribution >= 0.6 is 15.9 Å². The van der Waals surface area contributed by atoms with Crippen LogP contribution in [0.4, 0.5) is 17.2 Å². The largest absolute Gasteiger partial charge is 0.478 e. The van der Waals surface area contributed by atoms with Crippen molar-refractivity contribution in [2.75, 3.05) is 67.5 Å². The molecule has 180 valence electrons. The van der Waals surface area contributed by atoms with E-state index in [2.05, 4.69) is 63.0 Å². The molecule has 0 saturated carbocycles. The molecule has 0 atom stereocenters. The van der Waals surface area contributed by atoms with Crippen LogP contribution in [0, 0.1) is 6.92 Å². The normalized spacial score (nSPS) is 17.0. The van der Waals surface area contributed by atoms with E-state index in [1.54, 1.807) is 18.5 Å². The molecule has 0 amide bonds. The van der Waals surface area contributed by atoms with Crippen molar-refractivity contribution in [3.63, 3.8) is 0 Å². The summed E-state index contributed by atoms with van der Waals surface area (Å²) in [7, 11) is 0. The zero-order valence-electron chi connectivity index (χ0n) is 19.2. The number of fused-ring (bicyclic) bond motifs is 1. The lowest BCUT2D eigenvalue weighted by atomic mass is 10.0. The number of nitrogens with zero attached hydrogens (tertiary/aromatic N) is 6. The number of carbonyl (C=O) groups is 1. The van der Waals surface area contributed by atoms with Gasteiger partial charge in [0.05, 0.1) is 10.9 Å². The van der Waals surface area contributed by atoms with E-state index in [1.807, 2.05) is 0 Å². The van der Waals surface area contributed by atoms with E-state index in [0.29, 0.717) is 15.8 Å². The third-order valence-electron chi connectivity index (χ3n) is 6.78. The highest BCUT2D eigenvalue weighted by molar-refractivity contribution is 9.10. The number of halogens is 1. The quantitative estimate of drug-likeness (QED) is 0.425. The Bertz CT molecular complexity index is 1190. The van der Waals surface area contributed by atoms with E-state index in [4.69, 9.17) is 0 Å². The van der Waals surface area contributed by atoms with E-state index >= 15 is 0 Å². The number of aromatic nitrogens is 4. The number of likely N-dealkylation sites (tertiary alicyclic amines) is 1. The first-order valence-electron chi connectivity index (χ1n) is 11.7. The number of hydrogen-bond donors (Lipinski definition) is 3. The van der Waals surface area contributed by atoms with Gasteiger partial charge >= 0.3 is 5.97 Å². The number of benzene rings is 1. The lowest BCUT2D eigenvalue weighted by Crippen LogP contribution is -2.47.